The molecule has 21 heavy (non-hydrogen) atoms. The summed E-state index contributed by atoms with van der Waals surface area (Å²) < 4.78 is 30.7. The minimum Gasteiger partial charge on any atom is -0.435 e. The third-order valence-corrected chi connectivity index (χ3v) is 2.99. The molecule has 114 valence electrons. The number of aromatic nitrogens is 2. The van der Waals surface area contributed by atoms with Crippen LogP contribution in [0.3, 0.4) is 0 Å². The van der Waals surface area contributed by atoms with E-state index in [1.165, 1.54) is 12.1 Å². The summed E-state index contributed by atoms with van der Waals surface area (Å²) in [6.45, 7) is -2.28. The lowest BCUT2D eigenvalue weighted by Crippen LogP contribution is -2.15. The average molecular weight is 296 g/mol. The number of benzene rings is 1. The van der Waals surface area contributed by atoms with E-state index in [0.29, 0.717) is 12.2 Å². The van der Waals surface area contributed by atoms with Crippen molar-refractivity contribution in [1.29, 1.82) is 0 Å². The van der Waals surface area contributed by atoms with Crippen LogP contribution in [0.5, 0.6) is 5.75 Å². The minimum absolute atomic E-state index is 0.133. The van der Waals surface area contributed by atoms with Gasteiger partial charge < -0.3 is 19.5 Å². The van der Waals surface area contributed by atoms with Gasteiger partial charge in [0.15, 0.2) is 0 Å². The molecule has 0 saturated carbocycles. The van der Waals surface area contributed by atoms with E-state index in [1.54, 1.807) is 18.3 Å². The van der Waals surface area contributed by atoms with E-state index in [-0.39, 0.29) is 5.75 Å². The van der Waals surface area contributed by atoms with Crippen LogP contribution in [0, 0.1) is 0 Å². The summed E-state index contributed by atoms with van der Waals surface area (Å²) in [4.78, 5) is 6.23. The zero-order chi connectivity index (χ0) is 15.4. The first kappa shape index (κ1) is 15.1. The minimum atomic E-state index is -2.82. The van der Waals surface area contributed by atoms with Crippen molar-refractivity contribution >= 4 is 11.6 Å². The van der Waals surface area contributed by atoms with E-state index in [4.69, 9.17) is 0 Å². The van der Waals surface area contributed by atoms with Gasteiger partial charge in [-0.2, -0.15) is 8.78 Å². The lowest BCUT2D eigenvalue weighted by molar-refractivity contribution is -0.0498. The first-order valence-corrected chi connectivity index (χ1v) is 6.44. The Balaban J connectivity index is 2.03. The van der Waals surface area contributed by atoms with Crippen LogP contribution in [0.2, 0.25) is 0 Å². The van der Waals surface area contributed by atoms with Crippen LogP contribution in [0.1, 0.15) is 5.69 Å². The number of alkyl halides is 2. The largest absolute Gasteiger partial charge is 0.435 e. The highest BCUT2D eigenvalue weighted by molar-refractivity contribution is 5.48. The van der Waals surface area contributed by atoms with Gasteiger partial charge in [-0.15, -0.1) is 0 Å². The SMILES string of the molecule is CN(C)c1ncc(CNc2cccc(OC(F)F)c2)n1C. The molecule has 2 rings (SSSR count). The first-order chi connectivity index (χ1) is 9.97. The summed E-state index contributed by atoms with van der Waals surface area (Å²) >= 11 is 0. The highest BCUT2D eigenvalue weighted by atomic mass is 19.3. The molecule has 1 aromatic carbocycles. The van der Waals surface area contributed by atoms with E-state index in [0.717, 1.165) is 11.6 Å². The van der Waals surface area contributed by atoms with Gasteiger partial charge in [0.05, 0.1) is 18.4 Å². The Morgan fingerprint density at radius 3 is 2.76 bits per heavy atom. The Labute approximate surface area is 122 Å². The standard InChI is InChI=1S/C14H18F2N4O/c1-19(2)14-18-9-11(20(14)3)8-17-10-5-4-6-12(7-10)21-13(15)16/h4-7,9,13,17H,8H2,1-3H3. The van der Waals surface area contributed by atoms with E-state index in [1.807, 2.05) is 30.6 Å². The number of hydrogen-bond acceptors (Lipinski definition) is 4. The van der Waals surface area contributed by atoms with Crippen LogP contribution in [0.4, 0.5) is 20.4 Å². The van der Waals surface area contributed by atoms with E-state index < -0.39 is 6.61 Å². The highest BCUT2D eigenvalue weighted by Gasteiger charge is 2.08. The van der Waals surface area contributed by atoms with E-state index in [2.05, 4.69) is 15.0 Å². The maximum Gasteiger partial charge on any atom is 0.387 e. The normalized spacial score (nSPS) is 10.8. The number of nitrogens with one attached hydrogen (secondary N) is 1. The summed E-state index contributed by atoms with van der Waals surface area (Å²) in [6, 6.07) is 6.48. The molecule has 0 aliphatic carbocycles. The third-order valence-electron chi connectivity index (χ3n) is 2.99. The molecule has 2 aromatic rings. The summed E-state index contributed by atoms with van der Waals surface area (Å²) in [5.41, 5.74) is 1.69. The fraction of sp³-hybridized carbons (Fsp3) is 0.357. The van der Waals surface area contributed by atoms with Crippen molar-refractivity contribution < 1.29 is 13.5 Å². The number of rotatable bonds is 6. The lowest BCUT2D eigenvalue weighted by Gasteiger charge is -2.13. The molecule has 1 N–H and O–H groups in total. The van der Waals surface area contributed by atoms with Gasteiger partial charge in [0.25, 0.3) is 0 Å². The van der Waals surface area contributed by atoms with Crippen LogP contribution in [0.25, 0.3) is 0 Å². The number of imidazole rings is 1. The van der Waals surface area contributed by atoms with Gasteiger partial charge >= 0.3 is 6.61 Å². The Morgan fingerprint density at radius 2 is 2.14 bits per heavy atom. The van der Waals surface area contributed by atoms with Gasteiger partial charge in [0.1, 0.15) is 5.75 Å². The summed E-state index contributed by atoms with van der Waals surface area (Å²) in [5, 5.41) is 3.16. The fourth-order valence-corrected chi connectivity index (χ4v) is 1.99. The molecular weight excluding hydrogens is 278 g/mol. The Kier molecular flexibility index (Phi) is 4.62. The quantitative estimate of drug-likeness (QED) is 0.890. The maximum absolute atomic E-state index is 12.2. The third kappa shape index (κ3) is 3.84. The molecule has 0 saturated heterocycles. The van der Waals surface area contributed by atoms with Crippen LogP contribution in [-0.4, -0.2) is 30.3 Å². The molecule has 7 heteroatoms. The summed E-state index contributed by atoms with van der Waals surface area (Å²) in [7, 11) is 5.77. The Hall–Kier alpha value is -2.31. The predicted molar refractivity (Wildman–Crippen MR) is 77.9 cm³/mol. The molecule has 0 bridgehead atoms. The highest BCUT2D eigenvalue weighted by Crippen LogP contribution is 2.20. The van der Waals surface area contributed by atoms with Gasteiger partial charge in [-0.3, -0.25) is 0 Å². The second-order valence-corrected chi connectivity index (χ2v) is 4.76. The molecule has 5 nitrogen and oxygen atoms in total. The molecule has 0 spiro atoms. The number of nitrogens with zero attached hydrogens (tertiary/aromatic N) is 3. The van der Waals surface area contributed by atoms with Crippen molar-refractivity contribution in [3.8, 4) is 5.75 Å². The van der Waals surface area contributed by atoms with Crippen molar-refractivity contribution in [1.82, 2.24) is 9.55 Å². The maximum atomic E-state index is 12.2. The molecular formula is C14H18F2N4O. The smallest absolute Gasteiger partial charge is 0.387 e. The van der Waals surface area contributed by atoms with Crippen LogP contribution < -0.4 is 15.0 Å². The zero-order valence-electron chi connectivity index (χ0n) is 12.2. The van der Waals surface area contributed by atoms with Gasteiger partial charge in [-0.1, -0.05) is 6.07 Å². The van der Waals surface area contributed by atoms with Crippen LogP contribution >= 0.6 is 0 Å². The Morgan fingerprint density at radius 1 is 1.38 bits per heavy atom. The predicted octanol–water partition coefficient (Wildman–Crippen LogP) is 2.70. The molecule has 1 aromatic heterocycles. The molecule has 0 atom stereocenters. The van der Waals surface area contributed by atoms with Gasteiger partial charge in [0.2, 0.25) is 5.95 Å². The van der Waals surface area contributed by atoms with Crippen LogP contribution in [-0.2, 0) is 13.6 Å². The average Bonchev–Trinajstić information content (AvgIpc) is 2.77. The first-order valence-electron chi connectivity index (χ1n) is 6.44. The lowest BCUT2D eigenvalue weighted by atomic mass is 10.3. The van der Waals surface area contributed by atoms with Gasteiger partial charge in [0, 0.05) is 32.9 Å². The van der Waals surface area contributed by atoms with Crippen LogP contribution in [0.15, 0.2) is 30.5 Å². The van der Waals surface area contributed by atoms with Crippen molar-refractivity contribution in [3.63, 3.8) is 0 Å². The van der Waals surface area contributed by atoms with Crippen molar-refractivity contribution in [3.05, 3.63) is 36.2 Å². The second kappa shape index (κ2) is 6.43. The molecule has 0 radical (unpaired) electrons. The molecule has 0 amide bonds. The molecule has 0 unspecified atom stereocenters. The number of anilines is 2. The number of halogens is 2. The topological polar surface area (TPSA) is 42.3 Å². The molecule has 1 heterocycles. The van der Waals surface area contributed by atoms with Crippen molar-refractivity contribution in [2.75, 3.05) is 24.3 Å². The van der Waals surface area contributed by atoms with Gasteiger partial charge in [-0.25, -0.2) is 4.98 Å². The molecule has 0 aliphatic heterocycles. The number of ether oxygens (including phenoxy) is 1. The van der Waals surface area contributed by atoms with E-state index >= 15 is 0 Å². The van der Waals surface area contributed by atoms with Crippen molar-refractivity contribution in [2.24, 2.45) is 7.05 Å². The second-order valence-electron chi connectivity index (χ2n) is 4.76. The Bertz CT molecular complexity index is 598. The summed E-state index contributed by atoms with van der Waals surface area (Å²) in [6.07, 6.45) is 1.78. The fourth-order valence-electron chi connectivity index (χ4n) is 1.99. The zero-order valence-corrected chi connectivity index (χ0v) is 12.2. The molecule has 0 aliphatic rings. The van der Waals surface area contributed by atoms with E-state index in [9.17, 15) is 8.78 Å². The molecule has 0 fully saturated rings. The summed E-state index contributed by atoms with van der Waals surface area (Å²) in [5.74, 6) is 0.982. The van der Waals surface area contributed by atoms with Crippen molar-refractivity contribution in [2.45, 2.75) is 13.2 Å². The monoisotopic (exact) mass is 296 g/mol. The van der Waals surface area contributed by atoms with Gasteiger partial charge in [-0.05, 0) is 12.1 Å². The number of hydrogen-bond donors (Lipinski definition) is 1.